The number of hydrazine groups is 1. The molecule has 176 valence electrons. The summed E-state index contributed by atoms with van der Waals surface area (Å²) < 4.78 is 0. The number of carbonyl (C=O) groups excluding carboxylic acids is 4. The lowest BCUT2D eigenvalue weighted by Gasteiger charge is -2.39. The number of anilines is 1. The third-order valence-electron chi connectivity index (χ3n) is 7.33. The number of benzene rings is 1. The van der Waals surface area contributed by atoms with Crippen molar-refractivity contribution in [1.29, 1.82) is 0 Å². The Balaban J connectivity index is 1.23. The van der Waals surface area contributed by atoms with E-state index in [4.69, 9.17) is 5.84 Å². The van der Waals surface area contributed by atoms with Gasteiger partial charge in [-0.3, -0.25) is 40.1 Å². The quantitative estimate of drug-likeness (QED) is 0.474. The van der Waals surface area contributed by atoms with Crippen LogP contribution in [-0.4, -0.2) is 90.3 Å². The standard InChI is InChI=1S/C23H30N6O4/c24-28-7-5-15(6-8-28)14-26-9-11-27(12-10-26)16-1-2-17-18(13-16)23(33)29(22(17)32)19-3-4-20(30)25-21(19)31/h1-2,13,15,19H,3-12,14,24H2,(H,25,30,31). The van der Waals surface area contributed by atoms with Crippen LogP contribution in [0.4, 0.5) is 5.69 Å². The van der Waals surface area contributed by atoms with Crippen molar-refractivity contribution in [3.8, 4) is 0 Å². The largest absolute Gasteiger partial charge is 0.369 e. The molecule has 3 fully saturated rings. The van der Waals surface area contributed by atoms with E-state index in [2.05, 4.69) is 15.1 Å². The minimum atomic E-state index is -0.937. The number of nitrogens with two attached hydrogens (primary N) is 1. The first-order valence-corrected chi connectivity index (χ1v) is 11.7. The molecule has 10 nitrogen and oxygen atoms in total. The first-order chi connectivity index (χ1) is 15.9. The molecule has 0 saturated carbocycles. The van der Waals surface area contributed by atoms with E-state index in [0.29, 0.717) is 17.0 Å². The normalized spacial score (nSPS) is 25.5. The monoisotopic (exact) mass is 454 g/mol. The lowest BCUT2D eigenvalue weighted by molar-refractivity contribution is -0.136. The van der Waals surface area contributed by atoms with E-state index in [9.17, 15) is 19.2 Å². The fraction of sp³-hybridized carbons (Fsp3) is 0.565. The van der Waals surface area contributed by atoms with Gasteiger partial charge in [-0.05, 0) is 43.4 Å². The van der Waals surface area contributed by atoms with Gasteiger partial charge in [-0.15, -0.1) is 0 Å². The molecule has 0 spiro atoms. The van der Waals surface area contributed by atoms with Gasteiger partial charge in [0.25, 0.3) is 11.8 Å². The fourth-order valence-corrected chi connectivity index (χ4v) is 5.34. The Kier molecular flexibility index (Phi) is 5.90. The van der Waals surface area contributed by atoms with Crippen LogP contribution in [0, 0.1) is 5.92 Å². The molecule has 5 rings (SSSR count). The number of carbonyl (C=O) groups is 4. The molecular weight excluding hydrogens is 424 g/mol. The molecule has 10 heteroatoms. The van der Waals surface area contributed by atoms with Gasteiger partial charge < -0.3 is 4.90 Å². The smallest absolute Gasteiger partial charge is 0.262 e. The molecule has 0 aromatic heterocycles. The van der Waals surface area contributed by atoms with Gasteiger partial charge in [-0.25, -0.2) is 5.01 Å². The van der Waals surface area contributed by atoms with Crippen LogP contribution in [0.1, 0.15) is 46.4 Å². The maximum atomic E-state index is 13.1. The van der Waals surface area contributed by atoms with Crippen molar-refractivity contribution in [2.24, 2.45) is 11.8 Å². The Morgan fingerprint density at radius 2 is 1.58 bits per heavy atom. The van der Waals surface area contributed by atoms with Crippen LogP contribution in [0.15, 0.2) is 18.2 Å². The summed E-state index contributed by atoms with van der Waals surface area (Å²) in [6.45, 7) is 6.63. The van der Waals surface area contributed by atoms with Gasteiger partial charge in [0.2, 0.25) is 11.8 Å². The molecule has 0 aliphatic carbocycles. The average Bonchev–Trinajstić information content (AvgIpc) is 3.06. The van der Waals surface area contributed by atoms with Crippen molar-refractivity contribution in [1.82, 2.24) is 20.1 Å². The van der Waals surface area contributed by atoms with Gasteiger partial charge >= 0.3 is 0 Å². The Labute approximate surface area is 192 Å². The second kappa shape index (κ2) is 8.85. The summed E-state index contributed by atoms with van der Waals surface area (Å²) in [4.78, 5) is 55.4. The van der Waals surface area contributed by atoms with E-state index in [1.807, 2.05) is 11.1 Å². The highest BCUT2D eigenvalue weighted by Gasteiger charge is 2.44. The Hall–Kier alpha value is -2.82. The molecule has 1 aromatic rings. The zero-order valence-corrected chi connectivity index (χ0v) is 18.7. The molecule has 3 saturated heterocycles. The topological polar surface area (TPSA) is 119 Å². The summed E-state index contributed by atoms with van der Waals surface area (Å²) in [5, 5.41) is 4.13. The van der Waals surface area contributed by atoms with Crippen LogP contribution >= 0.6 is 0 Å². The lowest BCUT2D eigenvalue weighted by Crippen LogP contribution is -2.54. The maximum Gasteiger partial charge on any atom is 0.262 e. The van der Waals surface area contributed by atoms with Gasteiger partial charge in [0.05, 0.1) is 11.1 Å². The van der Waals surface area contributed by atoms with Gasteiger partial charge in [0.1, 0.15) is 6.04 Å². The van der Waals surface area contributed by atoms with Crippen LogP contribution in [0.3, 0.4) is 0 Å². The molecule has 1 aromatic carbocycles. The van der Waals surface area contributed by atoms with E-state index in [1.54, 1.807) is 12.1 Å². The molecule has 0 bridgehead atoms. The zero-order valence-electron chi connectivity index (χ0n) is 18.7. The average molecular weight is 455 g/mol. The molecule has 4 heterocycles. The van der Waals surface area contributed by atoms with Crippen molar-refractivity contribution < 1.29 is 19.2 Å². The van der Waals surface area contributed by atoms with E-state index < -0.39 is 23.8 Å². The number of nitrogens with zero attached hydrogens (tertiary/aromatic N) is 4. The lowest BCUT2D eigenvalue weighted by atomic mass is 9.97. The van der Waals surface area contributed by atoms with Gasteiger partial charge in [-0.1, -0.05) is 0 Å². The minimum Gasteiger partial charge on any atom is -0.369 e. The predicted molar refractivity (Wildman–Crippen MR) is 120 cm³/mol. The molecule has 4 aliphatic rings. The summed E-state index contributed by atoms with van der Waals surface area (Å²) in [5.74, 6) is 4.66. The maximum absolute atomic E-state index is 13.1. The third-order valence-corrected chi connectivity index (χ3v) is 7.33. The fourth-order valence-electron chi connectivity index (χ4n) is 5.34. The second-order valence-corrected chi connectivity index (χ2v) is 9.44. The third kappa shape index (κ3) is 4.25. The zero-order chi connectivity index (χ0) is 23.1. The van der Waals surface area contributed by atoms with Crippen LogP contribution < -0.4 is 16.1 Å². The summed E-state index contributed by atoms with van der Waals surface area (Å²) in [6.07, 6.45) is 2.56. The molecule has 0 radical (unpaired) electrons. The van der Waals surface area contributed by atoms with Crippen molar-refractivity contribution in [3.05, 3.63) is 29.3 Å². The number of rotatable bonds is 4. The molecule has 33 heavy (non-hydrogen) atoms. The Morgan fingerprint density at radius 1 is 0.879 bits per heavy atom. The number of piperidine rings is 2. The molecule has 4 amide bonds. The number of piperazine rings is 1. The van der Waals surface area contributed by atoms with Crippen molar-refractivity contribution in [2.45, 2.75) is 31.7 Å². The number of amides is 4. The van der Waals surface area contributed by atoms with Gasteiger partial charge in [-0.2, -0.15) is 0 Å². The molecular formula is C23H30N6O4. The van der Waals surface area contributed by atoms with Crippen molar-refractivity contribution >= 4 is 29.3 Å². The highest BCUT2D eigenvalue weighted by atomic mass is 16.2. The predicted octanol–water partition coefficient (Wildman–Crippen LogP) is -0.204. The highest BCUT2D eigenvalue weighted by Crippen LogP contribution is 2.31. The summed E-state index contributed by atoms with van der Waals surface area (Å²) in [7, 11) is 0. The van der Waals surface area contributed by atoms with Gasteiger partial charge in [0.15, 0.2) is 0 Å². The highest BCUT2D eigenvalue weighted by molar-refractivity contribution is 6.23. The number of nitrogens with one attached hydrogen (secondary N) is 1. The van der Waals surface area contributed by atoms with Gasteiger partial charge in [0, 0.05) is 57.9 Å². The molecule has 1 atom stereocenters. The van der Waals surface area contributed by atoms with Crippen LogP contribution in [0.2, 0.25) is 0 Å². The van der Waals surface area contributed by atoms with Crippen molar-refractivity contribution in [3.63, 3.8) is 0 Å². The summed E-state index contributed by atoms with van der Waals surface area (Å²) in [6, 6.07) is 4.40. The summed E-state index contributed by atoms with van der Waals surface area (Å²) >= 11 is 0. The number of imide groups is 2. The molecule has 1 unspecified atom stereocenters. The number of fused-ring (bicyclic) bond motifs is 1. The van der Waals surface area contributed by atoms with Crippen LogP contribution in [0.5, 0.6) is 0 Å². The minimum absolute atomic E-state index is 0.116. The van der Waals surface area contributed by atoms with Crippen LogP contribution in [0.25, 0.3) is 0 Å². The van der Waals surface area contributed by atoms with Crippen LogP contribution in [-0.2, 0) is 9.59 Å². The Bertz CT molecular complexity index is 981. The first kappa shape index (κ1) is 22.0. The summed E-state index contributed by atoms with van der Waals surface area (Å²) in [5.41, 5.74) is 1.56. The Morgan fingerprint density at radius 3 is 2.27 bits per heavy atom. The molecule has 3 N–H and O–H groups in total. The van der Waals surface area contributed by atoms with E-state index >= 15 is 0 Å². The van der Waals surface area contributed by atoms with E-state index in [1.165, 1.54) is 0 Å². The second-order valence-electron chi connectivity index (χ2n) is 9.44. The SMILES string of the molecule is NN1CCC(CN2CCN(c3ccc4c(c3)C(=O)N(C3CCC(=O)NC3=O)C4=O)CC2)CC1. The van der Waals surface area contributed by atoms with E-state index in [0.717, 1.165) is 69.2 Å². The number of hydrogen-bond donors (Lipinski definition) is 2. The first-order valence-electron chi connectivity index (χ1n) is 11.7. The van der Waals surface area contributed by atoms with E-state index in [-0.39, 0.29) is 18.7 Å². The van der Waals surface area contributed by atoms with Crippen molar-refractivity contribution in [2.75, 3.05) is 50.7 Å². The molecule has 4 aliphatic heterocycles. The number of hydrogen-bond acceptors (Lipinski definition) is 8.